The molecule has 2 saturated carbocycles. The SMILES string of the molecule is CC(C)OC(=O)CN1Cc2c(cccc2OCCCC(=O)N(C2CCCCC2)C2CCCCC2)N=C1NC(=O)Cc1ccc(Cl)cc1. The average molecular weight is 665 g/mol. The number of hydrogen-bond donors (Lipinski definition) is 1. The van der Waals surface area contributed by atoms with E-state index in [1.54, 1.807) is 43.0 Å². The van der Waals surface area contributed by atoms with Crippen molar-refractivity contribution in [3.63, 3.8) is 0 Å². The second-order valence-corrected chi connectivity index (χ2v) is 13.7. The van der Waals surface area contributed by atoms with Crippen LogP contribution in [0.25, 0.3) is 0 Å². The van der Waals surface area contributed by atoms with Gasteiger partial charge < -0.3 is 19.3 Å². The summed E-state index contributed by atoms with van der Waals surface area (Å²) in [4.78, 5) is 48.1. The molecule has 10 heteroatoms. The normalized spacial score (nSPS) is 17.1. The molecule has 47 heavy (non-hydrogen) atoms. The maximum atomic E-state index is 13.6. The minimum Gasteiger partial charge on any atom is -0.493 e. The van der Waals surface area contributed by atoms with E-state index >= 15 is 0 Å². The molecule has 0 aromatic heterocycles. The van der Waals surface area contributed by atoms with Gasteiger partial charge in [0.2, 0.25) is 17.8 Å². The van der Waals surface area contributed by atoms with Gasteiger partial charge in [-0.1, -0.05) is 68.3 Å². The molecule has 254 valence electrons. The van der Waals surface area contributed by atoms with Crippen LogP contribution in [0.4, 0.5) is 5.69 Å². The smallest absolute Gasteiger partial charge is 0.325 e. The molecular formula is C37H49ClN4O5. The number of nitrogens with one attached hydrogen (secondary N) is 1. The van der Waals surface area contributed by atoms with Crippen LogP contribution in [-0.4, -0.2) is 64.9 Å². The summed E-state index contributed by atoms with van der Waals surface area (Å²) in [5.74, 6) is 0.528. The van der Waals surface area contributed by atoms with Gasteiger partial charge in [0.1, 0.15) is 12.3 Å². The average Bonchev–Trinajstić information content (AvgIpc) is 3.05. The van der Waals surface area contributed by atoms with Crippen LogP contribution in [0.1, 0.15) is 102 Å². The molecule has 0 saturated heterocycles. The minimum atomic E-state index is -0.416. The molecular weight excluding hydrogens is 616 g/mol. The van der Waals surface area contributed by atoms with E-state index in [2.05, 4.69) is 10.2 Å². The highest BCUT2D eigenvalue weighted by atomic mass is 35.5. The summed E-state index contributed by atoms with van der Waals surface area (Å²) in [6.07, 6.45) is 12.9. The summed E-state index contributed by atoms with van der Waals surface area (Å²) in [5, 5.41) is 3.49. The molecule has 2 aromatic rings. The van der Waals surface area contributed by atoms with Gasteiger partial charge in [-0.05, 0) is 75.8 Å². The molecule has 2 aromatic carbocycles. The largest absolute Gasteiger partial charge is 0.493 e. The molecule has 9 nitrogen and oxygen atoms in total. The van der Waals surface area contributed by atoms with Gasteiger partial charge in [0.25, 0.3) is 0 Å². The lowest BCUT2D eigenvalue weighted by molar-refractivity contribution is -0.148. The van der Waals surface area contributed by atoms with E-state index in [1.165, 1.54) is 38.5 Å². The number of benzene rings is 2. The molecule has 2 aliphatic carbocycles. The Bertz CT molecular complexity index is 1380. The van der Waals surface area contributed by atoms with Gasteiger partial charge >= 0.3 is 5.97 Å². The molecule has 0 bridgehead atoms. The van der Waals surface area contributed by atoms with Crippen molar-refractivity contribution in [3.8, 4) is 5.75 Å². The maximum absolute atomic E-state index is 13.6. The van der Waals surface area contributed by atoms with Crippen LogP contribution in [0.3, 0.4) is 0 Å². The summed E-state index contributed by atoms with van der Waals surface area (Å²) >= 11 is 6.00. The van der Waals surface area contributed by atoms with Gasteiger partial charge in [-0.2, -0.15) is 0 Å². The number of nitrogens with zero attached hydrogens (tertiary/aromatic N) is 3. The quantitative estimate of drug-likeness (QED) is 0.192. The van der Waals surface area contributed by atoms with E-state index in [1.807, 2.05) is 18.2 Å². The van der Waals surface area contributed by atoms with Crippen LogP contribution in [0.15, 0.2) is 47.5 Å². The molecule has 1 heterocycles. The summed E-state index contributed by atoms with van der Waals surface area (Å²) in [6, 6.07) is 13.5. The zero-order valence-electron chi connectivity index (χ0n) is 27.8. The molecule has 5 rings (SSSR count). The molecule has 1 aliphatic heterocycles. The van der Waals surface area contributed by atoms with Crippen molar-refractivity contribution in [3.05, 3.63) is 58.6 Å². The molecule has 0 atom stereocenters. The third kappa shape index (κ3) is 9.95. The second kappa shape index (κ2) is 17.0. The van der Waals surface area contributed by atoms with E-state index in [0.717, 1.165) is 36.8 Å². The zero-order valence-corrected chi connectivity index (χ0v) is 28.6. The van der Waals surface area contributed by atoms with Crippen molar-refractivity contribution in [2.45, 2.75) is 122 Å². The minimum absolute atomic E-state index is 0.0846. The zero-order chi connectivity index (χ0) is 33.2. The number of fused-ring (bicyclic) bond motifs is 1. The Morgan fingerprint density at radius 2 is 1.62 bits per heavy atom. The van der Waals surface area contributed by atoms with Crippen molar-refractivity contribution in [1.29, 1.82) is 0 Å². The maximum Gasteiger partial charge on any atom is 0.325 e. The van der Waals surface area contributed by atoms with Crippen molar-refractivity contribution in [1.82, 2.24) is 15.1 Å². The van der Waals surface area contributed by atoms with Crippen LogP contribution >= 0.6 is 11.6 Å². The highest BCUT2D eigenvalue weighted by molar-refractivity contribution is 6.30. The fraction of sp³-hybridized carbons (Fsp3) is 0.568. The fourth-order valence-electron chi connectivity index (χ4n) is 7.01. The first-order valence-corrected chi connectivity index (χ1v) is 17.8. The number of carbonyl (C=O) groups is 3. The van der Waals surface area contributed by atoms with Gasteiger partial charge in [-0.25, -0.2) is 4.99 Å². The summed E-state index contributed by atoms with van der Waals surface area (Å²) < 4.78 is 11.7. The molecule has 3 aliphatic rings. The predicted octanol–water partition coefficient (Wildman–Crippen LogP) is 7.11. The molecule has 0 radical (unpaired) electrons. The van der Waals surface area contributed by atoms with Crippen molar-refractivity contribution in [2.75, 3.05) is 13.2 Å². The number of halogens is 1. The molecule has 2 amide bonds. The highest BCUT2D eigenvalue weighted by Crippen LogP contribution is 2.34. The lowest BCUT2D eigenvalue weighted by atomic mass is 9.88. The van der Waals surface area contributed by atoms with Gasteiger partial charge in [0, 0.05) is 29.1 Å². The summed E-state index contributed by atoms with van der Waals surface area (Å²) in [6.45, 7) is 4.21. The van der Waals surface area contributed by atoms with Gasteiger partial charge in [-0.3, -0.25) is 19.7 Å². The Labute approximate surface area is 284 Å². The summed E-state index contributed by atoms with van der Waals surface area (Å²) in [7, 11) is 0. The topological polar surface area (TPSA) is 101 Å². The number of ether oxygens (including phenoxy) is 2. The van der Waals surface area contributed by atoms with Gasteiger partial charge in [0.05, 0.1) is 31.4 Å². The lowest BCUT2D eigenvalue weighted by Gasteiger charge is -2.42. The Morgan fingerprint density at radius 1 is 0.957 bits per heavy atom. The Morgan fingerprint density at radius 3 is 2.26 bits per heavy atom. The first kappa shape index (κ1) is 34.7. The number of rotatable bonds is 12. The van der Waals surface area contributed by atoms with Crippen LogP contribution in [0.2, 0.25) is 5.02 Å². The molecule has 0 spiro atoms. The standard InChI is InChI=1S/C37H49ClN4O5/c1-26(2)47-36(45)25-41-24-31-32(39-37(41)40-34(43)23-27-18-20-28(38)21-19-27)15-9-16-33(31)46-22-10-17-35(44)42(29-11-5-3-6-12-29)30-13-7-4-8-14-30/h9,15-16,18-21,26,29-30H,3-8,10-14,17,22-25H2,1-2H3,(H,39,40,43). The van der Waals surface area contributed by atoms with Crippen LogP contribution < -0.4 is 10.1 Å². The fourth-order valence-corrected chi connectivity index (χ4v) is 7.14. The highest BCUT2D eigenvalue weighted by Gasteiger charge is 2.32. The van der Waals surface area contributed by atoms with E-state index in [-0.39, 0.29) is 36.8 Å². The summed E-state index contributed by atoms with van der Waals surface area (Å²) in [5.41, 5.74) is 2.29. The Balaban J connectivity index is 1.24. The van der Waals surface area contributed by atoms with Crippen molar-refractivity contribution in [2.24, 2.45) is 4.99 Å². The number of amides is 2. The van der Waals surface area contributed by atoms with Crippen LogP contribution in [0, 0.1) is 0 Å². The third-order valence-corrected chi connectivity index (χ3v) is 9.47. The first-order valence-electron chi connectivity index (χ1n) is 17.4. The number of carbonyl (C=O) groups excluding carboxylic acids is 3. The van der Waals surface area contributed by atoms with Crippen molar-refractivity contribution < 1.29 is 23.9 Å². The predicted molar refractivity (Wildman–Crippen MR) is 184 cm³/mol. The monoisotopic (exact) mass is 664 g/mol. The number of aliphatic imine (C=N–C) groups is 1. The third-order valence-electron chi connectivity index (χ3n) is 9.22. The number of esters is 1. The van der Waals surface area contributed by atoms with E-state index in [0.29, 0.717) is 54.5 Å². The second-order valence-electron chi connectivity index (χ2n) is 13.3. The Hall–Kier alpha value is -3.59. The molecule has 2 fully saturated rings. The van der Waals surface area contributed by atoms with Crippen LogP contribution in [-0.2, 0) is 32.1 Å². The van der Waals surface area contributed by atoms with Crippen LogP contribution in [0.5, 0.6) is 5.75 Å². The number of hydrogen-bond acceptors (Lipinski definition) is 7. The van der Waals surface area contributed by atoms with E-state index < -0.39 is 5.97 Å². The lowest BCUT2D eigenvalue weighted by Crippen LogP contribution is -2.48. The number of guanidine groups is 1. The van der Waals surface area contributed by atoms with E-state index in [4.69, 9.17) is 26.1 Å². The van der Waals surface area contributed by atoms with Gasteiger partial charge in [0.15, 0.2) is 0 Å². The molecule has 0 unspecified atom stereocenters. The first-order chi connectivity index (χ1) is 22.8. The Kier molecular flexibility index (Phi) is 12.6. The van der Waals surface area contributed by atoms with Crippen molar-refractivity contribution >= 4 is 41.0 Å². The van der Waals surface area contributed by atoms with E-state index in [9.17, 15) is 14.4 Å². The van der Waals surface area contributed by atoms with Gasteiger partial charge in [-0.15, -0.1) is 0 Å². The molecule has 1 N–H and O–H groups in total.